The van der Waals surface area contributed by atoms with E-state index in [9.17, 15) is 4.79 Å². The van der Waals surface area contributed by atoms with Crippen LogP contribution in [-0.2, 0) is 9.53 Å². The Balaban J connectivity index is 1.86. The first-order valence-corrected chi connectivity index (χ1v) is 11.3. The molecule has 6 heteroatoms. The fraction of sp³-hybridized carbons (Fsp3) is 0.217. The molecule has 0 saturated heterocycles. The van der Waals surface area contributed by atoms with Gasteiger partial charge < -0.3 is 9.47 Å². The Bertz CT molecular complexity index is 998. The molecule has 29 heavy (non-hydrogen) atoms. The maximum Gasteiger partial charge on any atom is 0.363 e. The molecule has 3 rings (SSSR count). The molecule has 0 unspecified atom stereocenters. The van der Waals surface area contributed by atoms with Crippen LogP contribution in [-0.4, -0.2) is 18.5 Å². The van der Waals surface area contributed by atoms with Gasteiger partial charge in [0.1, 0.15) is 12.4 Å². The van der Waals surface area contributed by atoms with E-state index in [1.807, 2.05) is 43.3 Å². The fourth-order valence-corrected chi connectivity index (χ4v) is 4.82. The van der Waals surface area contributed by atoms with Crippen molar-refractivity contribution in [3.63, 3.8) is 0 Å². The van der Waals surface area contributed by atoms with Gasteiger partial charge in [-0.1, -0.05) is 32.6 Å². The van der Waals surface area contributed by atoms with Crippen molar-refractivity contribution >= 4 is 63.1 Å². The molecular formula is C23H21I2NO3. The highest BCUT2D eigenvalue weighted by Crippen LogP contribution is 2.31. The van der Waals surface area contributed by atoms with Gasteiger partial charge in [0.15, 0.2) is 5.70 Å². The molecule has 1 heterocycles. The van der Waals surface area contributed by atoms with Crippen LogP contribution in [0, 0.1) is 7.14 Å². The first-order chi connectivity index (χ1) is 13.7. The molecule has 0 N–H and O–H groups in total. The van der Waals surface area contributed by atoms with Crippen LogP contribution >= 0.6 is 45.2 Å². The summed E-state index contributed by atoms with van der Waals surface area (Å²) in [6, 6.07) is 11.9. The zero-order valence-corrected chi connectivity index (χ0v) is 20.8. The minimum Gasteiger partial charge on any atom is -0.487 e. The summed E-state index contributed by atoms with van der Waals surface area (Å²) in [4.78, 5) is 16.7. The van der Waals surface area contributed by atoms with E-state index in [4.69, 9.17) is 9.47 Å². The average Bonchev–Trinajstić information content (AvgIpc) is 3.01. The number of rotatable bonds is 6. The number of carbonyl (C=O) groups excluding carboxylic acids is 1. The summed E-state index contributed by atoms with van der Waals surface area (Å²) in [5.41, 5.74) is 4.13. The van der Waals surface area contributed by atoms with Gasteiger partial charge in [-0.25, -0.2) is 9.79 Å². The summed E-state index contributed by atoms with van der Waals surface area (Å²) >= 11 is 4.46. The molecule has 0 bridgehead atoms. The molecule has 2 aromatic carbocycles. The van der Waals surface area contributed by atoms with Crippen molar-refractivity contribution in [2.75, 3.05) is 6.61 Å². The van der Waals surface area contributed by atoms with Crippen molar-refractivity contribution in [3.05, 3.63) is 78.1 Å². The Hall–Kier alpha value is -1.68. The Labute approximate surface area is 198 Å². The second-order valence-corrected chi connectivity index (χ2v) is 9.50. The van der Waals surface area contributed by atoms with Gasteiger partial charge in [0.25, 0.3) is 0 Å². The van der Waals surface area contributed by atoms with Crippen molar-refractivity contribution in [1.82, 2.24) is 0 Å². The molecule has 0 aliphatic carbocycles. The molecule has 0 saturated carbocycles. The lowest BCUT2D eigenvalue weighted by Crippen LogP contribution is -2.05. The molecule has 150 valence electrons. The first-order valence-electron chi connectivity index (χ1n) is 9.13. The lowest BCUT2D eigenvalue weighted by molar-refractivity contribution is -0.129. The zero-order valence-electron chi connectivity index (χ0n) is 16.5. The van der Waals surface area contributed by atoms with Gasteiger partial charge in [-0.15, -0.1) is 0 Å². The van der Waals surface area contributed by atoms with E-state index < -0.39 is 5.97 Å². The molecule has 1 aliphatic heterocycles. The van der Waals surface area contributed by atoms with Crippen LogP contribution in [0.2, 0.25) is 0 Å². The fourth-order valence-electron chi connectivity index (χ4n) is 2.70. The number of aliphatic imine (C=N–C) groups is 1. The highest BCUT2D eigenvalue weighted by molar-refractivity contribution is 14.1. The molecule has 0 atom stereocenters. The van der Waals surface area contributed by atoms with Crippen molar-refractivity contribution in [2.45, 2.75) is 26.7 Å². The number of esters is 1. The van der Waals surface area contributed by atoms with E-state index in [1.54, 1.807) is 6.08 Å². The van der Waals surface area contributed by atoms with Gasteiger partial charge in [-0.2, -0.15) is 0 Å². The summed E-state index contributed by atoms with van der Waals surface area (Å²) in [5, 5.41) is 0. The molecular weight excluding hydrogens is 592 g/mol. The summed E-state index contributed by atoms with van der Waals surface area (Å²) in [5.74, 6) is 1.16. The summed E-state index contributed by atoms with van der Waals surface area (Å²) in [7, 11) is 0. The number of halogens is 2. The number of benzene rings is 2. The predicted octanol–water partition coefficient (Wildman–Crippen LogP) is 6.32. The zero-order chi connectivity index (χ0) is 21.1. The highest BCUT2D eigenvalue weighted by atomic mass is 127. The molecule has 4 nitrogen and oxygen atoms in total. The number of ether oxygens (including phenoxy) is 2. The number of hydrogen-bond donors (Lipinski definition) is 0. The third-order valence-corrected chi connectivity index (χ3v) is 5.83. The standard InChI is InChI=1S/C23H21I2NO3/c1-13(2)12-28-21-18(24)9-15(10-19(21)25)11-20-23(27)29-22(26-20)17-7-5-16(6-8-17)14(3)4/h5-11,14H,1,12H2,2-4H3/b20-11-. The predicted molar refractivity (Wildman–Crippen MR) is 133 cm³/mol. The second-order valence-electron chi connectivity index (χ2n) is 7.17. The minimum absolute atomic E-state index is 0.287. The van der Waals surface area contributed by atoms with Crippen LogP contribution in [0.5, 0.6) is 5.75 Å². The topological polar surface area (TPSA) is 47.9 Å². The summed E-state index contributed by atoms with van der Waals surface area (Å²) in [6.45, 7) is 10.5. The maximum atomic E-state index is 12.3. The lowest BCUT2D eigenvalue weighted by Gasteiger charge is -2.11. The van der Waals surface area contributed by atoms with Crippen LogP contribution < -0.4 is 4.74 Å². The SMILES string of the molecule is C=C(C)COc1c(I)cc(/C=C2\N=C(c3ccc(C(C)C)cc3)OC2=O)cc1I. The Morgan fingerprint density at radius 3 is 2.38 bits per heavy atom. The van der Waals surface area contributed by atoms with Crippen molar-refractivity contribution in [1.29, 1.82) is 0 Å². The Kier molecular flexibility index (Phi) is 7.15. The van der Waals surface area contributed by atoms with Gasteiger partial charge in [0.05, 0.1) is 7.14 Å². The van der Waals surface area contributed by atoms with Gasteiger partial charge in [-0.05, 0) is 105 Å². The van der Waals surface area contributed by atoms with Gasteiger partial charge in [0, 0.05) is 5.56 Å². The molecule has 1 aliphatic rings. The van der Waals surface area contributed by atoms with Crippen LogP contribution in [0.25, 0.3) is 6.08 Å². The van der Waals surface area contributed by atoms with Crippen LogP contribution in [0.4, 0.5) is 0 Å². The van der Waals surface area contributed by atoms with E-state index >= 15 is 0 Å². The maximum absolute atomic E-state index is 12.3. The lowest BCUT2D eigenvalue weighted by atomic mass is 10.0. The largest absolute Gasteiger partial charge is 0.487 e. The number of hydrogen-bond acceptors (Lipinski definition) is 4. The molecule has 0 radical (unpaired) electrons. The number of cyclic esters (lactones) is 1. The monoisotopic (exact) mass is 613 g/mol. The average molecular weight is 613 g/mol. The third-order valence-electron chi connectivity index (χ3n) is 4.23. The Morgan fingerprint density at radius 1 is 1.21 bits per heavy atom. The molecule has 2 aromatic rings. The number of carbonyl (C=O) groups is 1. The van der Waals surface area contributed by atoms with E-state index in [1.165, 1.54) is 5.56 Å². The third kappa shape index (κ3) is 5.48. The van der Waals surface area contributed by atoms with Gasteiger partial charge in [0.2, 0.25) is 5.90 Å². The van der Waals surface area contributed by atoms with E-state index in [-0.39, 0.29) is 5.70 Å². The van der Waals surface area contributed by atoms with E-state index in [0.29, 0.717) is 18.4 Å². The van der Waals surface area contributed by atoms with Crippen molar-refractivity contribution < 1.29 is 14.3 Å². The quantitative estimate of drug-likeness (QED) is 0.166. The highest BCUT2D eigenvalue weighted by Gasteiger charge is 2.24. The second kappa shape index (κ2) is 9.42. The van der Waals surface area contributed by atoms with E-state index in [0.717, 1.165) is 29.6 Å². The molecule has 0 spiro atoms. The number of nitrogens with zero attached hydrogens (tertiary/aromatic N) is 1. The van der Waals surface area contributed by atoms with Crippen LogP contribution in [0.15, 0.2) is 59.2 Å². The van der Waals surface area contributed by atoms with Crippen LogP contribution in [0.1, 0.15) is 43.4 Å². The normalized spacial score (nSPS) is 14.9. The molecule has 0 fully saturated rings. The smallest absolute Gasteiger partial charge is 0.363 e. The first kappa shape index (κ1) is 22.0. The van der Waals surface area contributed by atoms with Crippen LogP contribution in [0.3, 0.4) is 0 Å². The van der Waals surface area contributed by atoms with Crippen molar-refractivity contribution in [2.24, 2.45) is 4.99 Å². The van der Waals surface area contributed by atoms with Gasteiger partial charge in [-0.3, -0.25) is 0 Å². The van der Waals surface area contributed by atoms with Crippen molar-refractivity contribution in [3.8, 4) is 5.75 Å². The minimum atomic E-state index is -0.444. The summed E-state index contributed by atoms with van der Waals surface area (Å²) in [6.07, 6.45) is 1.74. The molecule has 0 amide bonds. The van der Waals surface area contributed by atoms with Gasteiger partial charge >= 0.3 is 5.97 Å². The summed E-state index contributed by atoms with van der Waals surface area (Å²) < 4.78 is 13.1. The van der Waals surface area contributed by atoms with E-state index in [2.05, 4.69) is 70.6 Å². The molecule has 0 aromatic heterocycles. The Morgan fingerprint density at radius 2 is 1.83 bits per heavy atom.